The second kappa shape index (κ2) is 9.61. The predicted octanol–water partition coefficient (Wildman–Crippen LogP) is 2.68. The fourth-order valence-corrected chi connectivity index (χ4v) is 2.94. The average molecular weight is 441 g/mol. The van der Waals surface area contributed by atoms with Crippen LogP contribution in [-0.4, -0.2) is 48.1 Å². The van der Waals surface area contributed by atoms with Gasteiger partial charge in [0.2, 0.25) is 0 Å². The molecule has 168 valence electrons. The highest BCUT2D eigenvalue weighted by molar-refractivity contribution is 6.31. The number of amides is 2. The molecule has 1 aliphatic heterocycles. The molecule has 2 amide bonds. The van der Waals surface area contributed by atoms with Crippen molar-refractivity contribution in [1.82, 2.24) is 5.06 Å². The van der Waals surface area contributed by atoms with Crippen LogP contribution < -0.4 is 4.74 Å². The molecule has 1 aliphatic rings. The molecule has 32 heavy (non-hydrogen) atoms. The molecule has 0 saturated carbocycles. The van der Waals surface area contributed by atoms with Crippen LogP contribution in [0, 0.1) is 0 Å². The van der Waals surface area contributed by atoms with E-state index < -0.39 is 29.4 Å². The number of rotatable bonds is 8. The lowest BCUT2D eigenvalue weighted by Crippen LogP contribution is -2.39. The first kappa shape index (κ1) is 23.0. The molecule has 0 radical (unpaired) electrons. The fourth-order valence-electron chi connectivity index (χ4n) is 2.94. The number of esters is 1. The molecule has 0 N–H and O–H groups in total. The smallest absolute Gasteiger partial charge is 0.442 e. The van der Waals surface area contributed by atoms with Crippen molar-refractivity contribution >= 4 is 23.8 Å². The Balaban J connectivity index is 1.46. The molecule has 0 spiro atoms. The molecule has 0 aromatic heterocycles. The van der Waals surface area contributed by atoms with Crippen LogP contribution in [0.5, 0.6) is 5.75 Å². The molecule has 0 aliphatic carbocycles. The summed E-state index contributed by atoms with van der Waals surface area (Å²) in [5.74, 6) is -3.68. The molecular weight excluding hydrogens is 418 g/mol. The number of carbonyl (C=O) groups excluding carboxylic acids is 4. The number of benzene rings is 2. The average Bonchev–Trinajstić information content (AvgIpc) is 3.02. The van der Waals surface area contributed by atoms with Gasteiger partial charge in [-0.1, -0.05) is 29.3 Å². The SMILES string of the molecule is COc1ccc(COCCC(C)(C)OC(=O)C(=O)ON2C(=O)c3ccccc3C2=O)cc1. The van der Waals surface area contributed by atoms with E-state index in [1.54, 1.807) is 33.1 Å². The maximum Gasteiger partial charge on any atom is 0.442 e. The molecular formula is C23H23NO8. The van der Waals surface area contributed by atoms with E-state index in [4.69, 9.17) is 19.0 Å². The maximum absolute atomic E-state index is 12.2. The summed E-state index contributed by atoms with van der Waals surface area (Å²) in [5.41, 5.74) is 0.0870. The first-order valence-electron chi connectivity index (χ1n) is 9.85. The summed E-state index contributed by atoms with van der Waals surface area (Å²) < 4.78 is 15.9. The third-order valence-electron chi connectivity index (χ3n) is 4.74. The Morgan fingerprint density at radius 3 is 2.06 bits per heavy atom. The highest BCUT2D eigenvalue weighted by atomic mass is 16.7. The summed E-state index contributed by atoms with van der Waals surface area (Å²) in [7, 11) is 1.59. The van der Waals surface area contributed by atoms with Gasteiger partial charge in [0.25, 0.3) is 11.8 Å². The van der Waals surface area contributed by atoms with Gasteiger partial charge in [-0.2, -0.15) is 0 Å². The van der Waals surface area contributed by atoms with Gasteiger partial charge in [-0.15, -0.1) is 0 Å². The number of hydroxylamine groups is 2. The third-order valence-corrected chi connectivity index (χ3v) is 4.74. The molecule has 0 fully saturated rings. The summed E-state index contributed by atoms with van der Waals surface area (Å²) in [6.07, 6.45) is 0.301. The van der Waals surface area contributed by atoms with Gasteiger partial charge in [0.05, 0.1) is 31.5 Å². The number of hydrogen-bond acceptors (Lipinski definition) is 8. The van der Waals surface area contributed by atoms with Gasteiger partial charge >= 0.3 is 11.9 Å². The van der Waals surface area contributed by atoms with Crippen molar-refractivity contribution in [3.05, 3.63) is 65.2 Å². The van der Waals surface area contributed by atoms with Crippen molar-refractivity contribution in [2.75, 3.05) is 13.7 Å². The highest BCUT2D eigenvalue weighted by Gasteiger charge is 2.40. The van der Waals surface area contributed by atoms with E-state index in [1.807, 2.05) is 24.3 Å². The lowest BCUT2D eigenvalue weighted by molar-refractivity contribution is -0.190. The zero-order valence-corrected chi connectivity index (χ0v) is 18.0. The van der Waals surface area contributed by atoms with Crippen molar-refractivity contribution < 1.29 is 38.2 Å². The Kier molecular flexibility index (Phi) is 6.89. The van der Waals surface area contributed by atoms with Crippen LogP contribution in [0.4, 0.5) is 0 Å². The van der Waals surface area contributed by atoms with E-state index in [-0.39, 0.29) is 22.8 Å². The van der Waals surface area contributed by atoms with Crippen LogP contribution in [-0.2, 0) is 30.5 Å². The fraction of sp³-hybridized carbons (Fsp3) is 0.304. The topological polar surface area (TPSA) is 108 Å². The second-order valence-corrected chi connectivity index (χ2v) is 7.63. The van der Waals surface area contributed by atoms with E-state index in [2.05, 4.69) is 0 Å². The molecule has 0 atom stereocenters. The number of fused-ring (bicyclic) bond motifs is 1. The standard InChI is InChI=1S/C23H23NO8/c1-23(2,12-13-30-14-15-8-10-16(29-3)11-9-15)31-21(27)22(28)32-24-19(25)17-6-4-5-7-18(17)20(24)26/h4-11H,12-14H2,1-3H3. The van der Waals surface area contributed by atoms with Crippen molar-refractivity contribution in [3.63, 3.8) is 0 Å². The molecule has 3 rings (SSSR count). The van der Waals surface area contributed by atoms with Crippen LogP contribution in [0.2, 0.25) is 0 Å². The van der Waals surface area contributed by atoms with Gasteiger partial charge in [-0.25, -0.2) is 9.59 Å². The van der Waals surface area contributed by atoms with Crippen LogP contribution in [0.25, 0.3) is 0 Å². The first-order chi connectivity index (χ1) is 15.2. The minimum atomic E-state index is -1.47. The highest BCUT2D eigenvalue weighted by Crippen LogP contribution is 2.23. The monoisotopic (exact) mass is 441 g/mol. The zero-order chi connectivity index (χ0) is 23.3. The van der Waals surface area contributed by atoms with Gasteiger partial charge in [-0.05, 0) is 43.7 Å². The minimum Gasteiger partial charge on any atom is -0.497 e. The Hall–Kier alpha value is -3.72. The van der Waals surface area contributed by atoms with Gasteiger partial charge in [0.1, 0.15) is 11.4 Å². The van der Waals surface area contributed by atoms with E-state index in [9.17, 15) is 19.2 Å². The van der Waals surface area contributed by atoms with Gasteiger partial charge in [0, 0.05) is 6.42 Å². The van der Waals surface area contributed by atoms with Crippen LogP contribution in [0.1, 0.15) is 46.5 Å². The number of carbonyl (C=O) groups is 4. The van der Waals surface area contributed by atoms with Crippen molar-refractivity contribution in [2.24, 2.45) is 0 Å². The molecule has 0 bridgehead atoms. The summed E-state index contributed by atoms with van der Waals surface area (Å²) in [6, 6.07) is 13.4. The van der Waals surface area contributed by atoms with Crippen LogP contribution in [0.15, 0.2) is 48.5 Å². The Morgan fingerprint density at radius 1 is 0.906 bits per heavy atom. The number of imide groups is 1. The van der Waals surface area contributed by atoms with Gasteiger partial charge < -0.3 is 19.0 Å². The quantitative estimate of drug-likeness (QED) is 0.266. The molecule has 9 heteroatoms. The van der Waals surface area contributed by atoms with Crippen LogP contribution >= 0.6 is 0 Å². The Morgan fingerprint density at radius 2 is 1.50 bits per heavy atom. The van der Waals surface area contributed by atoms with Crippen LogP contribution in [0.3, 0.4) is 0 Å². The third kappa shape index (κ3) is 5.30. The Labute approximate surface area is 184 Å². The molecule has 0 saturated heterocycles. The molecule has 2 aromatic carbocycles. The minimum absolute atomic E-state index is 0.0907. The molecule has 2 aromatic rings. The second-order valence-electron chi connectivity index (χ2n) is 7.63. The number of methoxy groups -OCH3 is 1. The van der Waals surface area contributed by atoms with Gasteiger partial charge in [-0.3, -0.25) is 9.59 Å². The summed E-state index contributed by atoms with van der Waals surface area (Å²) in [5, 5.41) is 0.263. The maximum atomic E-state index is 12.2. The van der Waals surface area contributed by atoms with Crippen molar-refractivity contribution in [3.8, 4) is 5.75 Å². The predicted molar refractivity (Wildman–Crippen MR) is 110 cm³/mol. The first-order valence-corrected chi connectivity index (χ1v) is 9.85. The molecule has 9 nitrogen and oxygen atoms in total. The number of hydrogen-bond donors (Lipinski definition) is 0. The Bertz CT molecular complexity index is 994. The summed E-state index contributed by atoms with van der Waals surface area (Å²) >= 11 is 0. The van der Waals surface area contributed by atoms with E-state index in [0.717, 1.165) is 11.3 Å². The number of nitrogens with zero attached hydrogens (tertiary/aromatic N) is 1. The largest absolute Gasteiger partial charge is 0.497 e. The normalized spacial score (nSPS) is 13.0. The summed E-state index contributed by atoms with van der Waals surface area (Å²) in [6.45, 7) is 3.84. The van der Waals surface area contributed by atoms with Crippen molar-refractivity contribution in [2.45, 2.75) is 32.5 Å². The number of ether oxygens (including phenoxy) is 3. The summed E-state index contributed by atoms with van der Waals surface area (Å²) in [4.78, 5) is 53.4. The zero-order valence-electron chi connectivity index (χ0n) is 18.0. The van der Waals surface area contributed by atoms with E-state index in [0.29, 0.717) is 13.0 Å². The van der Waals surface area contributed by atoms with E-state index in [1.165, 1.54) is 12.1 Å². The lowest BCUT2D eigenvalue weighted by atomic mass is 10.1. The van der Waals surface area contributed by atoms with Gasteiger partial charge in [0.15, 0.2) is 0 Å². The van der Waals surface area contributed by atoms with Crippen molar-refractivity contribution in [1.29, 1.82) is 0 Å². The lowest BCUT2D eigenvalue weighted by Gasteiger charge is -2.24. The van der Waals surface area contributed by atoms with E-state index >= 15 is 0 Å². The molecule has 0 unspecified atom stereocenters. The molecule has 1 heterocycles.